The number of aromatic nitrogens is 2. The molecule has 0 saturated carbocycles. The van der Waals surface area contributed by atoms with Crippen LogP contribution in [0, 0.1) is 10.1 Å². The van der Waals surface area contributed by atoms with Crippen LogP contribution in [-0.4, -0.2) is 20.8 Å². The van der Waals surface area contributed by atoms with E-state index < -0.39 is 4.92 Å². The molecule has 0 saturated heterocycles. The molecule has 0 spiro atoms. The number of amides is 1. The Kier molecular flexibility index (Phi) is 5.55. The van der Waals surface area contributed by atoms with Gasteiger partial charge in [0.25, 0.3) is 11.6 Å². The van der Waals surface area contributed by atoms with Crippen molar-refractivity contribution in [2.45, 2.75) is 10.8 Å². The molecule has 1 amide bonds. The normalized spacial score (nSPS) is 10.3. The van der Waals surface area contributed by atoms with E-state index in [9.17, 15) is 14.9 Å². The predicted molar refractivity (Wildman–Crippen MR) is 99.1 cm³/mol. The summed E-state index contributed by atoms with van der Waals surface area (Å²) in [6.07, 6.45) is 5.07. The lowest BCUT2D eigenvalue weighted by Gasteiger charge is -2.09. The first-order valence-electron chi connectivity index (χ1n) is 7.66. The van der Waals surface area contributed by atoms with E-state index in [4.69, 9.17) is 0 Å². The Hall–Kier alpha value is -3.26. The topological polar surface area (TPSA) is 98.0 Å². The molecule has 7 nitrogen and oxygen atoms in total. The summed E-state index contributed by atoms with van der Waals surface area (Å²) < 4.78 is 0. The third-order valence-electron chi connectivity index (χ3n) is 3.48. The highest BCUT2D eigenvalue weighted by atomic mass is 32.2. The van der Waals surface area contributed by atoms with Crippen molar-refractivity contribution in [2.75, 3.05) is 5.32 Å². The molecule has 0 bridgehead atoms. The minimum atomic E-state index is -0.486. The quantitative estimate of drug-likeness (QED) is 0.403. The maximum Gasteiger partial charge on any atom is 0.269 e. The number of carbonyl (C=O) groups is 1. The van der Waals surface area contributed by atoms with Gasteiger partial charge in [-0.15, -0.1) is 11.8 Å². The fourth-order valence-electron chi connectivity index (χ4n) is 2.17. The molecule has 3 rings (SSSR count). The first-order chi connectivity index (χ1) is 12.6. The SMILES string of the molecule is O=C(Nc1ccc([N+](=O)[O-])cc1)c1cccnc1SCc1ccncc1. The maximum absolute atomic E-state index is 12.6. The Bertz CT molecular complexity index is 917. The molecule has 130 valence electrons. The minimum Gasteiger partial charge on any atom is -0.322 e. The van der Waals surface area contributed by atoms with Crippen molar-refractivity contribution in [2.24, 2.45) is 0 Å². The Morgan fingerprint density at radius 1 is 1.08 bits per heavy atom. The third-order valence-corrected chi connectivity index (χ3v) is 4.55. The molecule has 3 aromatic rings. The Balaban J connectivity index is 1.72. The van der Waals surface area contributed by atoms with Crippen LogP contribution in [0.15, 0.2) is 72.1 Å². The van der Waals surface area contributed by atoms with Crippen LogP contribution < -0.4 is 5.32 Å². The van der Waals surface area contributed by atoms with Gasteiger partial charge < -0.3 is 5.32 Å². The largest absolute Gasteiger partial charge is 0.322 e. The lowest BCUT2D eigenvalue weighted by molar-refractivity contribution is -0.384. The van der Waals surface area contributed by atoms with E-state index in [2.05, 4.69) is 15.3 Å². The van der Waals surface area contributed by atoms with Gasteiger partial charge in [0, 0.05) is 42.2 Å². The van der Waals surface area contributed by atoms with Crippen LogP contribution in [0.1, 0.15) is 15.9 Å². The summed E-state index contributed by atoms with van der Waals surface area (Å²) in [5.41, 5.74) is 1.98. The number of hydrogen-bond donors (Lipinski definition) is 1. The van der Waals surface area contributed by atoms with Gasteiger partial charge in [-0.3, -0.25) is 19.9 Å². The van der Waals surface area contributed by atoms with Crippen molar-refractivity contribution in [3.63, 3.8) is 0 Å². The number of thioether (sulfide) groups is 1. The van der Waals surface area contributed by atoms with Crippen LogP contribution in [0.4, 0.5) is 11.4 Å². The smallest absolute Gasteiger partial charge is 0.269 e. The minimum absolute atomic E-state index is 0.0297. The van der Waals surface area contributed by atoms with E-state index >= 15 is 0 Å². The van der Waals surface area contributed by atoms with Crippen LogP contribution in [-0.2, 0) is 5.75 Å². The molecule has 0 unspecified atom stereocenters. The molecule has 2 aromatic heterocycles. The van der Waals surface area contributed by atoms with Crippen LogP contribution in [0.5, 0.6) is 0 Å². The summed E-state index contributed by atoms with van der Waals surface area (Å²) in [6.45, 7) is 0. The van der Waals surface area contributed by atoms with E-state index in [1.54, 1.807) is 30.7 Å². The number of rotatable bonds is 6. The third kappa shape index (κ3) is 4.42. The Labute approximate surface area is 153 Å². The first-order valence-corrected chi connectivity index (χ1v) is 8.64. The summed E-state index contributed by atoms with van der Waals surface area (Å²) in [5, 5.41) is 14.0. The number of pyridine rings is 2. The molecule has 0 aliphatic carbocycles. The van der Waals surface area contributed by atoms with Crippen molar-refractivity contribution in [1.82, 2.24) is 9.97 Å². The second-order valence-electron chi connectivity index (χ2n) is 5.26. The number of benzene rings is 1. The zero-order valence-corrected chi connectivity index (χ0v) is 14.3. The van der Waals surface area contributed by atoms with Crippen LogP contribution in [0.25, 0.3) is 0 Å². The highest BCUT2D eigenvalue weighted by molar-refractivity contribution is 7.98. The van der Waals surface area contributed by atoms with Crippen molar-refractivity contribution in [3.05, 3.63) is 88.4 Å². The van der Waals surface area contributed by atoms with Gasteiger partial charge in [0.2, 0.25) is 0 Å². The molecule has 2 heterocycles. The van der Waals surface area contributed by atoms with Gasteiger partial charge in [-0.1, -0.05) is 0 Å². The van der Waals surface area contributed by atoms with E-state index in [0.717, 1.165) is 5.56 Å². The number of nitrogens with one attached hydrogen (secondary N) is 1. The predicted octanol–water partition coefficient (Wildman–Crippen LogP) is 3.93. The number of non-ortho nitro benzene ring substituents is 1. The summed E-state index contributed by atoms with van der Waals surface area (Å²) in [6, 6.07) is 12.9. The van der Waals surface area contributed by atoms with Crippen molar-refractivity contribution >= 4 is 29.0 Å². The fraction of sp³-hybridized carbons (Fsp3) is 0.0556. The summed E-state index contributed by atoms with van der Waals surface area (Å²) in [4.78, 5) is 31.0. The van der Waals surface area contributed by atoms with Gasteiger partial charge in [-0.25, -0.2) is 4.98 Å². The number of anilines is 1. The second kappa shape index (κ2) is 8.21. The molecule has 0 aliphatic heterocycles. The number of hydrogen-bond acceptors (Lipinski definition) is 6. The van der Waals surface area contributed by atoms with E-state index in [0.29, 0.717) is 22.0 Å². The second-order valence-corrected chi connectivity index (χ2v) is 6.22. The van der Waals surface area contributed by atoms with Crippen LogP contribution in [0.3, 0.4) is 0 Å². The van der Waals surface area contributed by atoms with Crippen LogP contribution >= 0.6 is 11.8 Å². The number of nitrogens with zero attached hydrogens (tertiary/aromatic N) is 3. The standard InChI is InChI=1S/C18H14N4O3S/c23-17(21-14-3-5-15(6-4-14)22(24)25)16-2-1-9-20-18(16)26-12-13-7-10-19-11-8-13/h1-11H,12H2,(H,21,23). The average molecular weight is 366 g/mol. The van der Waals surface area contributed by atoms with E-state index in [1.165, 1.54) is 36.0 Å². The van der Waals surface area contributed by atoms with Crippen LogP contribution in [0.2, 0.25) is 0 Å². The molecular formula is C18H14N4O3S. The van der Waals surface area contributed by atoms with Crippen molar-refractivity contribution in [3.8, 4) is 0 Å². The maximum atomic E-state index is 12.6. The van der Waals surface area contributed by atoms with Crippen molar-refractivity contribution < 1.29 is 9.72 Å². The highest BCUT2D eigenvalue weighted by Crippen LogP contribution is 2.25. The Morgan fingerprint density at radius 3 is 2.50 bits per heavy atom. The number of carbonyl (C=O) groups excluding carboxylic acids is 1. The van der Waals surface area contributed by atoms with Gasteiger partial charge >= 0.3 is 0 Å². The van der Waals surface area contributed by atoms with Gasteiger partial charge in [0.15, 0.2) is 0 Å². The average Bonchev–Trinajstić information content (AvgIpc) is 2.68. The molecule has 0 atom stereocenters. The van der Waals surface area contributed by atoms with Gasteiger partial charge in [-0.05, 0) is 42.0 Å². The zero-order valence-electron chi connectivity index (χ0n) is 13.5. The first kappa shape index (κ1) is 17.6. The number of nitro groups is 1. The highest BCUT2D eigenvalue weighted by Gasteiger charge is 2.14. The molecule has 1 N–H and O–H groups in total. The van der Waals surface area contributed by atoms with Gasteiger partial charge in [0.1, 0.15) is 5.03 Å². The zero-order chi connectivity index (χ0) is 18.4. The lowest BCUT2D eigenvalue weighted by atomic mass is 10.2. The molecule has 0 radical (unpaired) electrons. The molecule has 8 heteroatoms. The molecular weight excluding hydrogens is 352 g/mol. The lowest BCUT2D eigenvalue weighted by Crippen LogP contribution is -2.13. The van der Waals surface area contributed by atoms with Crippen molar-refractivity contribution in [1.29, 1.82) is 0 Å². The molecule has 0 fully saturated rings. The van der Waals surface area contributed by atoms with Gasteiger partial charge in [-0.2, -0.15) is 0 Å². The monoisotopic (exact) mass is 366 g/mol. The van der Waals surface area contributed by atoms with E-state index in [1.807, 2.05) is 12.1 Å². The molecule has 1 aromatic carbocycles. The molecule has 26 heavy (non-hydrogen) atoms. The van der Waals surface area contributed by atoms with E-state index in [-0.39, 0.29) is 11.6 Å². The number of nitro benzene ring substituents is 1. The Morgan fingerprint density at radius 2 is 1.81 bits per heavy atom. The summed E-state index contributed by atoms with van der Waals surface area (Å²) in [7, 11) is 0. The summed E-state index contributed by atoms with van der Waals surface area (Å²) >= 11 is 1.46. The summed E-state index contributed by atoms with van der Waals surface area (Å²) in [5.74, 6) is 0.348. The van der Waals surface area contributed by atoms with Gasteiger partial charge in [0.05, 0.1) is 10.5 Å². The molecule has 0 aliphatic rings. The fourth-order valence-corrected chi connectivity index (χ4v) is 3.12.